The number of methoxy groups -OCH3 is 1. The van der Waals surface area contributed by atoms with Crippen LogP contribution in [0.25, 0.3) is 0 Å². The molecule has 4 nitrogen and oxygen atoms in total. The Kier molecular flexibility index (Phi) is 3.98. The lowest BCUT2D eigenvalue weighted by Gasteiger charge is -2.41. The van der Waals surface area contributed by atoms with E-state index in [1.165, 1.54) is 19.3 Å². The van der Waals surface area contributed by atoms with Gasteiger partial charge in [0.1, 0.15) is 5.75 Å². The highest BCUT2D eigenvalue weighted by atomic mass is 16.5. The van der Waals surface area contributed by atoms with Crippen LogP contribution in [0.2, 0.25) is 0 Å². The third kappa shape index (κ3) is 3.00. The summed E-state index contributed by atoms with van der Waals surface area (Å²) in [4.78, 5) is 12.1. The number of hydrogen-bond donors (Lipinski definition) is 2. The van der Waals surface area contributed by atoms with E-state index < -0.39 is 0 Å². The van der Waals surface area contributed by atoms with Gasteiger partial charge in [-0.2, -0.15) is 0 Å². The molecule has 3 N–H and O–H groups in total. The van der Waals surface area contributed by atoms with Crippen LogP contribution < -0.4 is 15.8 Å². The van der Waals surface area contributed by atoms with Crippen molar-refractivity contribution in [3.05, 3.63) is 23.8 Å². The molecule has 104 valence electrons. The van der Waals surface area contributed by atoms with Crippen LogP contribution in [-0.2, 0) is 0 Å². The van der Waals surface area contributed by atoms with E-state index in [4.69, 9.17) is 10.5 Å². The number of carbonyl (C=O) groups is 1. The third-order valence-electron chi connectivity index (χ3n) is 4.21. The Bertz CT molecular complexity index is 462. The van der Waals surface area contributed by atoms with Crippen molar-refractivity contribution < 1.29 is 9.53 Å². The van der Waals surface area contributed by atoms with Crippen LogP contribution in [0.5, 0.6) is 5.75 Å². The molecule has 1 aliphatic carbocycles. The third-order valence-corrected chi connectivity index (χ3v) is 4.21. The SMILES string of the molecule is CCC1(CNC(=O)c2cc(N)cc(OC)c2)CCC1. The summed E-state index contributed by atoms with van der Waals surface area (Å²) in [5, 5.41) is 3.02. The molecule has 0 aliphatic heterocycles. The lowest BCUT2D eigenvalue weighted by Crippen LogP contribution is -2.41. The predicted octanol–water partition coefficient (Wildman–Crippen LogP) is 2.59. The lowest BCUT2D eigenvalue weighted by atomic mass is 9.67. The number of benzene rings is 1. The van der Waals surface area contributed by atoms with Gasteiger partial charge in [-0.3, -0.25) is 4.79 Å². The van der Waals surface area contributed by atoms with Crippen LogP contribution in [-0.4, -0.2) is 19.6 Å². The smallest absolute Gasteiger partial charge is 0.251 e. The molecular weight excluding hydrogens is 240 g/mol. The van der Waals surface area contributed by atoms with E-state index in [-0.39, 0.29) is 5.91 Å². The number of nitrogens with one attached hydrogen (secondary N) is 1. The van der Waals surface area contributed by atoms with Gasteiger partial charge in [0.15, 0.2) is 0 Å². The molecule has 0 aromatic heterocycles. The van der Waals surface area contributed by atoms with E-state index >= 15 is 0 Å². The quantitative estimate of drug-likeness (QED) is 0.802. The molecule has 1 saturated carbocycles. The molecule has 19 heavy (non-hydrogen) atoms. The lowest BCUT2D eigenvalue weighted by molar-refractivity contribution is 0.0850. The van der Waals surface area contributed by atoms with Gasteiger partial charge in [-0.05, 0) is 36.8 Å². The Morgan fingerprint density at radius 2 is 2.16 bits per heavy atom. The Morgan fingerprint density at radius 1 is 1.42 bits per heavy atom. The molecule has 0 spiro atoms. The minimum atomic E-state index is -0.0784. The average molecular weight is 262 g/mol. The predicted molar refractivity (Wildman–Crippen MR) is 76.3 cm³/mol. The highest BCUT2D eigenvalue weighted by Gasteiger charge is 2.35. The minimum Gasteiger partial charge on any atom is -0.497 e. The summed E-state index contributed by atoms with van der Waals surface area (Å²) in [6.07, 6.45) is 4.82. The highest BCUT2D eigenvalue weighted by molar-refractivity contribution is 5.95. The van der Waals surface area contributed by atoms with E-state index in [0.29, 0.717) is 22.4 Å². The zero-order valence-corrected chi connectivity index (χ0v) is 11.7. The Hall–Kier alpha value is -1.71. The fourth-order valence-electron chi connectivity index (χ4n) is 2.57. The van der Waals surface area contributed by atoms with Crippen LogP contribution in [0, 0.1) is 5.41 Å². The van der Waals surface area contributed by atoms with Gasteiger partial charge in [0.2, 0.25) is 0 Å². The maximum Gasteiger partial charge on any atom is 0.251 e. The number of nitrogen functional groups attached to an aromatic ring is 1. The molecule has 1 aromatic carbocycles. The number of nitrogens with two attached hydrogens (primary N) is 1. The maximum atomic E-state index is 12.1. The first kappa shape index (κ1) is 13.7. The fraction of sp³-hybridized carbons (Fsp3) is 0.533. The second kappa shape index (κ2) is 5.51. The number of amides is 1. The van der Waals surface area contributed by atoms with Gasteiger partial charge in [0, 0.05) is 23.9 Å². The summed E-state index contributed by atoms with van der Waals surface area (Å²) in [7, 11) is 1.57. The van der Waals surface area contributed by atoms with Crippen molar-refractivity contribution in [3.8, 4) is 5.75 Å². The van der Waals surface area contributed by atoms with E-state index in [9.17, 15) is 4.79 Å². The van der Waals surface area contributed by atoms with E-state index in [1.807, 2.05) is 0 Å². The first-order valence-electron chi connectivity index (χ1n) is 6.81. The van der Waals surface area contributed by atoms with E-state index in [2.05, 4.69) is 12.2 Å². The molecule has 0 bridgehead atoms. The fourth-order valence-corrected chi connectivity index (χ4v) is 2.57. The van der Waals surface area contributed by atoms with Gasteiger partial charge in [-0.15, -0.1) is 0 Å². The van der Waals surface area contributed by atoms with Crippen molar-refractivity contribution >= 4 is 11.6 Å². The van der Waals surface area contributed by atoms with Crippen molar-refractivity contribution in [3.63, 3.8) is 0 Å². The van der Waals surface area contributed by atoms with Crippen LogP contribution in [0.3, 0.4) is 0 Å². The van der Waals surface area contributed by atoms with Crippen LogP contribution in [0.4, 0.5) is 5.69 Å². The largest absolute Gasteiger partial charge is 0.497 e. The molecule has 1 aliphatic rings. The number of hydrogen-bond acceptors (Lipinski definition) is 3. The van der Waals surface area contributed by atoms with Crippen LogP contribution in [0.15, 0.2) is 18.2 Å². The summed E-state index contributed by atoms with van der Waals surface area (Å²) in [5.74, 6) is 0.532. The van der Waals surface area contributed by atoms with Crippen LogP contribution in [0.1, 0.15) is 43.0 Å². The molecule has 4 heteroatoms. The van der Waals surface area contributed by atoms with Crippen molar-refractivity contribution in [2.75, 3.05) is 19.4 Å². The van der Waals surface area contributed by atoms with Gasteiger partial charge in [-0.25, -0.2) is 0 Å². The van der Waals surface area contributed by atoms with Gasteiger partial charge >= 0.3 is 0 Å². The molecule has 0 heterocycles. The molecule has 0 saturated heterocycles. The second-order valence-electron chi connectivity index (χ2n) is 5.38. The number of rotatable bonds is 5. The maximum absolute atomic E-state index is 12.1. The molecule has 1 aromatic rings. The summed E-state index contributed by atoms with van der Waals surface area (Å²) in [5.41, 5.74) is 7.18. The van der Waals surface area contributed by atoms with Gasteiger partial charge in [-0.1, -0.05) is 13.3 Å². The van der Waals surface area contributed by atoms with Crippen molar-refractivity contribution in [1.82, 2.24) is 5.32 Å². The number of anilines is 1. The van der Waals surface area contributed by atoms with Gasteiger partial charge in [0.05, 0.1) is 7.11 Å². The molecule has 1 amide bonds. The van der Waals surface area contributed by atoms with Gasteiger partial charge < -0.3 is 15.8 Å². The van der Waals surface area contributed by atoms with E-state index in [0.717, 1.165) is 13.0 Å². The van der Waals surface area contributed by atoms with Crippen molar-refractivity contribution in [1.29, 1.82) is 0 Å². The highest BCUT2D eigenvalue weighted by Crippen LogP contribution is 2.43. The van der Waals surface area contributed by atoms with E-state index in [1.54, 1.807) is 25.3 Å². The number of ether oxygens (including phenoxy) is 1. The molecular formula is C15H22N2O2. The normalized spacial score (nSPS) is 16.5. The Morgan fingerprint density at radius 3 is 2.68 bits per heavy atom. The topological polar surface area (TPSA) is 64.4 Å². The summed E-state index contributed by atoms with van der Waals surface area (Å²) in [6.45, 7) is 2.94. The summed E-state index contributed by atoms with van der Waals surface area (Å²) in [6, 6.07) is 5.10. The summed E-state index contributed by atoms with van der Waals surface area (Å²) < 4.78 is 5.12. The molecule has 0 unspecified atom stereocenters. The van der Waals surface area contributed by atoms with Crippen LogP contribution >= 0.6 is 0 Å². The van der Waals surface area contributed by atoms with Crippen molar-refractivity contribution in [2.45, 2.75) is 32.6 Å². The second-order valence-corrected chi connectivity index (χ2v) is 5.38. The number of carbonyl (C=O) groups excluding carboxylic acids is 1. The summed E-state index contributed by atoms with van der Waals surface area (Å²) >= 11 is 0. The molecule has 1 fully saturated rings. The first-order chi connectivity index (χ1) is 9.08. The van der Waals surface area contributed by atoms with Crippen molar-refractivity contribution in [2.24, 2.45) is 5.41 Å². The van der Waals surface area contributed by atoms with Gasteiger partial charge in [0.25, 0.3) is 5.91 Å². The zero-order chi connectivity index (χ0) is 13.9. The minimum absolute atomic E-state index is 0.0784. The Balaban J connectivity index is 2.01. The molecule has 0 atom stereocenters. The molecule has 0 radical (unpaired) electrons. The standard InChI is InChI=1S/C15H22N2O2/c1-3-15(5-4-6-15)10-17-14(18)11-7-12(16)9-13(8-11)19-2/h7-9H,3-6,10,16H2,1-2H3,(H,17,18). The zero-order valence-electron chi connectivity index (χ0n) is 11.7. The molecule has 2 rings (SSSR count). The monoisotopic (exact) mass is 262 g/mol. The first-order valence-corrected chi connectivity index (χ1v) is 6.81. The average Bonchev–Trinajstić information content (AvgIpc) is 2.37. The Labute approximate surface area is 114 Å².